The molecule has 6 heteroatoms. The molecule has 21 heavy (non-hydrogen) atoms. The number of carbonyl (C=O) groups is 3. The number of carbonyl (C=O) groups excluding carboxylic acids is 2. The Morgan fingerprint density at radius 1 is 1.24 bits per heavy atom. The second-order valence-corrected chi connectivity index (χ2v) is 5.60. The first-order valence-electron chi connectivity index (χ1n) is 7.01. The van der Waals surface area contributed by atoms with E-state index in [0.717, 1.165) is 12.8 Å². The molecule has 0 aliphatic heterocycles. The van der Waals surface area contributed by atoms with Crippen LogP contribution in [0.1, 0.15) is 39.5 Å². The molecule has 1 aliphatic carbocycles. The largest absolute Gasteiger partial charge is 0.481 e. The summed E-state index contributed by atoms with van der Waals surface area (Å²) in [5.74, 6) is -2.71. The molecule has 0 amide bonds. The number of aliphatic carboxylic acids is 1. The van der Waals surface area contributed by atoms with Gasteiger partial charge in [0.1, 0.15) is 13.2 Å². The van der Waals surface area contributed by atoms with E-state index < -0.39 is 29.2 Å². The lowest BCUT2D eigenvalue weighted by Crippen LogP contribution is -2.43. The monoisotopic (exact) mass is 298 g/mol. The van der Waals surface area contributed by atoms with E-state index in [0.29, 0.717) is 12.8 Å². The summed E-state index contributed by atoms with van der Waals surface area (Å²) >= 11 is 0. The molecule has 1 rings (SSSR count). The van der Waals surface area contributed by atoms with Crippen LogP contribution >= 0.6 is 0 Å². The first-order valence-corrected chi connectivity index (χ1v) is 7.01. The summed E-state index contributed by atoms with van der Waals surface area (Å²) in [5.41, 5.74) is -0.809. The van der Waals surface area contributed by atoms with Crippen LogP contribution in [0.2, 0.25) is 0 Å². The van der Waals surface area contributed by atoms with E-state index in [1.165, 1.54) is 6.92 Å². The Hall–Kier alpha value is -1.85. The van der Waals surface area contributed by atoms with Gasteiger partial charge in [-0.05, 0) is 26.7 Å². The quantitative estimate of drug-likeness (QED) is 0.458. The Kier molecular flexibility index (Phi) is 5.93. The predicted molar refractivity (Wildman–Crippen MR) is 74.4 cm³/mol. The zero-order valence-electron chi connectivity index (χ0n) is 12.5. The molecule has 1 N–H and O–H groups in total. The van der Waals surface area contributed by atoms with E-state index in [4.69, 9.17) is 9.47 Å². The second kappa shape index (κ2) is 7.24. The zero-order chi connectivity index (χ0) is 16.0. The maximum atomic E-state index is 12.1. The highest BCUT2D eigenvalue weighted by Crippen LogP contribution is 2.41. The van der Waals surface area contributed by atoms with Crippen molar-refractivity contribution in [3.05, 3.63) is 12.2 Å². The summed E-state index contributed by atoms with van der Waals surface area (Å²) in [7, 11) is 0. The van der Waals surface area contributed by atoms with Crippen LogP contribution in [0.25, 0.3) is 0 Å². The highest BCUT2D eigenvalue weighted by atomic mass is 16.6. The van der Waals surface area contributed by atoms with E-state index in [1.54, 1.807) is 6.92 Å². The highest BCUT2D eigenvalue weighted by Gasteiger charge is 2.47. The molecule has 118 valence electrons. The molecule has 0 radical (unpaired) electrons. The van der Waals surface area contributed by atoms with Gasteiger partial charge in [-0.25, -0.2) is 4.79 Å². The summed E-state index contributed by atoms with van der Waals surface area (Å²) < 4.78 is 9.86. The molecule has 0 aromatic carbocycles. The molecule has 0 heterocycles. The minimum atomic E-state index is -1.08. The first kappa shape index (κ1) is 17.2. The molecule has 6 nitrogen and oxygen atoms in total. The third-order valence-electron chi connectivity index (χ3n) is 3.89. The fourth-order valence-corrected chi connectivity index (χ4v) is 2.47. The van der Waals surface area contributed by atoms with Crippen molar-refractivity contribution in [2.75, 3.05) is 13.2 Å². The minimum absolute atomic E-state index is 0.0616. The molecule has 0 saturated heterocycles. The number of carboxylic acids is 1. The van der Waals surface area contributed by atoms with Crippen LogP contribution in [-0.4, -0.2) is 36.2 Å². The van der Waals surface area contributed by atoms with Crippen molar-refractivity contribution in [3.8, 4) is 0 Å². The summed E-state index contributed by atoms with van der Waals surface area (Å²) in [6.07, 6.45) is 2.58. The van der Waals surface area contributed by atoms with Gasteiger partial charge < -0.3 is 14.6 Å². The van der Waals surface area contributed by atoms with Gasteiger partial charge in [-0.1, -0.05) is 19.4 Å². The molecule has 0 aromatic rings. The van der Waals surface area contributed by atoms with Crippen LogP contribution < -0.4 is 0 Å². The SMILES string of the molecule is C=C(C)C(=O)OCCOC(=O)C1CCCCC1(C)C(=O)O. The minimum Gasteiger partial charge on any atom is -0.481 e. The molecule has 2 unspecified atom stereocenters. The van der Waals surface area contributed by atoms with E-state index in [9.17, 15) is 19.5 Å². The number of hydrogen-bond acceptors (Lipinski definition) is 5. The van der Waals surface area contributed by atoms with E-state index in [2.05, 4.69) is 6.58 Å². The van der Waals surface area contributed by atoms with Gasteiger partial charge in [0.2, 0.25) is 0 Å². The van der Waals surface area contributed by atoms with E-state index >= 15 is 0 Å². The topological polar surface area (TPSA) is 89.9 Å². The Balaban J connectivity index is 2.48. The highest BCUT2D eigenvalue weighted by molar-refractivity contribution is 5.87. The van der Waals surface area contributed by atoms with Crippen molar-refractivity contribution in [1.82, 2.24) is 0 Å². The molecule has 0 aromatic heterocycles. The molecule has 2 atom stereocenters. The maximum absolute atomic E-state index is 12.1. The number of ether oxygens (including phenoxy) is 2. The van der Waals surface area contributed by atoms with Gasteiger partial charge in [0.25, 0.3) is 0 Å². The van der Waals surface area contributed by atoms with Crippen LogP contribution in [0, 0.1) is 11.3 Å². The Bertz CT molecular complexity index is 441. The standard InChI is InChI=1S/C15H22O6/c1-10(2)12(16)20-8-9-21-13(17)11-6-4-5-7-15(11,3)14(18)19/h11H,1,4-9H2,2-3H3,(H,18,19). The maximum Gasteiger partial charge on any atom is 0.333 e. The smallest absolute Gasteiger partial charge is 0.333 e. The van der Waals surface area contributed by atoms with Gasteiger partial charge in [0, 0.05) is 5.57 Å². The van der Waals surface area contributed by atoms with Crippen molar-refractivity contribution in [2.24, 2.45) is 11.3 Å². The van der Waals surface area contributed by atoms with Gasteiger partial charge in [0.15, 0.2) is 0 Å². The molecule has 0 bridgehead atoms. The van der Waals surface area contributed by atoms with Crippen LogP contribution in [0.3, 0.4) is 0 Å². The molecule has 1 saturated carbocycles. The lowest BCUT2D eigenvalue weighted by molar-refractivity contribution is -0.169. The van der Waals surface area contributed by atoms with Crippen LogP contribution in [0.5, 0.6) is 0 Å². The number of carboxylic acid groups (broad SMARTS) is 1. The van der Waals surface area contributed by atoms with Crippen molar-refractivity contribution < 1.29 is 29.0 Å². The Labute approximate surface area is 124 Å². The van der Waals surface area contributed by atoms with Crippen molar-refractivity contribution in [3.63, 3.8) is 0 Å². The summed E-state index contributed by atoms with van der Waals surface area (Å²) in [6, 6.07) is 0. The Morgan fingerprint density at radius 2 is 1.86 bits per heavy atom. The fraction of sp³-hybridized carbons (Fsp3) is 0.667. The average Bonchev–Trinajstić information content (AvgIpc) is 2.43. The van der Waals surface area contributed by atoms with E-state index in [1.807, 2.05) is 0 Å². The lowest BCUT2D eigenvalue weighted by atomic mass is 9.67. The normalized spacial score (nSPS) is 25.0. The zero-order valence-corrected chi connectivity index (χ0v) is 12.5. The molecular formula is C15H22O6. The molecule has 1 fully saturated rings. The van der Waals surface area contributed by atoms with Gasteiger partial charge in [-0.3, -0.25) is 9.59 Å². The van der Waals surface area contributed by atoms with Crippen LogP contribution in [0.4, 0.5) is 0 Å². The van der Waals surface area contributed by atoms with Crippen LogP contribution in [0.15, 0.2) is 12.2 Å². The number of hydrogen-bond donors (Lipinski definition) is 1. The summed E-state index contributed by atoms with van der Waals surface area (Å²) in [4.78, 5) is 34.6. The predicted octanol–water partition coefficient (Wildman–Crippen LogP) is 1.93. The van der Waals surface area contributed by atoms with Crippen LogP contribution in [-0.2, 0) is 23.9 Å². The third kappa shape index (κ3) is 4.31. The lowest BCUT2D eigenvalue weighted by Gasteiger charge is -2.36. The fourth-order valence-electron chi connectivity index (χ4n) is 2.47. The van der Waals surface area contributed by atoms with Gasteiger partial charge in [0.05, 0.1) is 11.3 Å². The van der Waals surface area contributed by atoms with E-state index in [-0.39, 0.29) is 18.8 Å². The second-order valence-electron chi connectivity index (χ2n) is 5.60. The third-order valence-corrected chi connectivity index (χ3v) is 3.89. The van der Waals surface area contributed by atoms with Crippen molar-refractivity contribution in [1.29, 1.82) is 0 Å². The summed E-state index contributed by atoms with van der Waals surface area (Å²) in [5, 5.41) is 9.34. The van der Waals surface area contributed by atoms with Gasteiger partial charge in [-0.15, -0.1) is 0 Å². The molecule has 0 spiro atoms. The number of rotatable bonds is 6. The Morgan fingerprint density at radius 3 is 2.43 bits per heavy atom. The van der Waals surface area contributed by atoms with Gasteiger partial charge >= 0.3 is 17.9 Å². The number of esters is 2. The van der Waals surface area contributed by atoms with Gasteiger partial charge in [-0.2, -0.15) is 0 Å². The first-order chi connectivity index (χ1) is 9.79. The molecular weight excluding hydrogens is 276 g/mol. The average molecular weight is 298 g/mol. The summed E-state index contributed by atoms with van der Waals surface area (Å²) in [6.45, 7) is 6.40. The molecule has 1 aliphatic rings. The van der Waals surface area contributed by atoms with Crippen molar-refractivity contribution in [2.45, 2.75) is 39.5 Å². The van der Waals surface area contributed by atoms with Crippen molar-refractivity contribution >= 4 is 17.9 Å².